The number of carbonyl (C=O) groups excluding carboxylic acids is 1. The van der Waals surface area contributed by atoms with Crippen molar-refractivity contribution in [2.45, 2.75) is 44.8 Å². The number of ether oxygens (including phenoxy) is 1. The second-order valence-corrected chi connectivity index (χ2v) is 5.54. The highest BCUT2D eigenvalue weighted by Gasteiger charge is 2.26. The summed E-state index contributed by atoms with van der Waals surface area (Å²) < 4.78 is 5.47. The van der Waals surface area contributed by atoms with Crippen LogP contribution in [0, 0.1) is 0 Å². The standard InChI is InChI=1S/C14H27N3O2/c1-2-3-7-17-8-4-12(5-9-17)16-14(18)13-11-15-6-10-19-13/h12-13,15H,2-11H2,1H3,(H,16,18). The molecule has 0 aliphatic carbocycles. The Hall–Kier alpha value is -0.650. The van der Waals surface area contributed by atoms with Gasteiger partial charge in [0.25, 0.3) is 5.91 Å². The number of nitrogens with zero attached hydrogens (tertiary/aromatic N) is 1. The molecule has 0 spiro atoms. The van der Waals surface area contributed by atoms with Crippen LogP contribution in [0.3, 0.4) is 0 Å². The van der Waals surface area contributed by atoms with Gasteiger partial charge in [0.05, 0.1) is 6.61 Å². The number of hydrogen-bond acceptors (Lipinski definition) is 4. The molecular formula is C14H27N3O2. The molecule has 2 fully saturated rings. The van der Waals surface area contributed by atoms with Gasteiger partial charge in [-0.1, -0.05) is 13.3 Å². The number of rotatable bonds is 5. The normalized spacial score (nSPS) is 26.3. The molecule has 2 rings (SSSR count). The van der Waals surface area contributed by atoms with Crippen molar-refractivity contribution in [1.29, 1.82) is 0 Å². The van der Waals surface area contributed by atoms with Gasteiger partial charge in [0, 0.05) is 32.2 Å². The van der Waals surface area contributed by atoms with Crippen molar-refractivity contribution >= 4 is 5.91 Å². The number of carbonyl (C=O) groups is 1. The van der Waals surface area contributed by atoms with Crippen LogP contribution >= 0.6 is 0 Å². The minimum Gasteiger partial charge on any atom is -0.366 e. The Morgan fingerprint density at radius 3 is 2.84 bits per heavy atom. The van der Waals surface area contributed by atoms with Gasteiger partial charge in [-0.3, -0.25) is 4.79 Å². The smallest absolute Gasteiger partial charge is 0.250 e. The largest absolute Gasteiger partial charge is 0.366 e. The third-order valence-corrected chi connectivity index (χ3v) is 3.98. The zero-order chi connectivity index (χ0) is 13.5. The first-order chi connectivity index (χ1) is 9.29. The summed E-state index contributed by atoms with van der Waals surface area (Å²) in [4.78, 5) is 14.5. The number of amides is 1. The van der Waals surface area contributed by atoms with E-state index in [1.165, 1.54) is 19.4 Å². The molecule has 1 atom stereocenters. The zero-order valence-corrected chi connectivity index (χ0v) is 12.0. The van der Waals surface area contributed by atoms with Gasteiger partial charge in [-0.2, -0.15) is 0 Å². The number of hydrogen-bond donors (Lipinski definition) is 2. The van der Waals surface area contributed by atoms with Gasteiger partial charge < -0.3 is 20.3 Å². The Morgan fingerprint density at radius 1 is 1.42 bits per heavy atom. The number of unbranched alkanes of at least 4 members (excludes halogenated alkanes) is 1. The fourth-order valence-corrected chi connectivity index (χ4v) is 2.71. The van der Waals surface area contributed by atoms with Crippen molar-refractivity contribution in [2.75, 3.05) is 39.3 Å². The quantitative estimate of drug-likeness (QED) is 0.756. The summed E-state index contributed by atoms with van der Waals surface area (Å²) in [5, 5.41) is 6.32. The first-order valence-corrected chi connectivity index (χ1v) is 7.64. The Balaban J connectivity index is 1.65. The minimum absolute atomic E-state index is 0.0548. The number of likely N-dealkylation sites (tertiary alicyclic amines) is 1. The molecule has 0 radical (unpaired) electrons. The lowest BCUT2D eigenvalue weighted by Crippen LogP contribution is -2.52. The van der Waals surface area contributed by atoms with E-state index >= 15 is 0 Å². The van der Waals surface area contributed by atoms with Gasteiger partial charge in [0.1, 0.15) is 6.10 Å². The van der Waals surface area contributed by atoms with Crippen molar-refractivity contribution in [2.24, 2.45) is 0 Å². The van der Waals surface area contributed by atoms with Crippen molar-refractivity contribution in [3.8, 4) is 0 Å². The molecule has 2 saturated heterocycles. The second kappa shape index (κ2) is 7.82. The van der Waals surface area contributed by atoms with E-state index in [9.17, 15) is 4.79 Å². The van der Waals surface area contributed by atoms with Crippen molar-refractivity contribution in [1.82, 2.24) is 15.5 Å². The molecule has 5 nitrogen and oxygen atoms in total. The number of morpholine rings is 1. The summed E-state index contributed by atoms with van der Waals surface area (Å²) in [6, 6.07) is 0.330. The van der Waals surface area contributed by atoms with Crippen molar-refractivity contribution in [3.63, 3.8) is 0 Å². The highest BCUT2D eigenvalue weighted by atomic mass is 16.5. The molecule has 0 aromatic rings. The lowest BCUT2D eigenvalue weighted by Gasteiger charge is -2.33. The first-order valence-electron chi connectivity index (χ1n) is 7.64. The first kappa shape index (κ1) is 14.8. The second-order valence-electron chi connectivity index (χ2n) is 5.54. The van der Waals surface area contributed by atoms with E-state index in [2.05, 4.69) is 22.5 Å². The average molecular weight is 269 g/mol. The van der Waals surface area contributed by atoms with E-state index in [1.807, 2.05) is 0 Å². The van der Waals surface area contributed by atoms with E-state index < -0.39 is 0 Å². The third-order valence-electron chi connectivity index (χ3n) is 3.98. The fourth-order valence-electron chi connectivity index (χ4n) is 2.71. The van der Waals surface area contributed by atoms with Crippen LogP contribution in [-0.2, 0) is 9.53 Å². The van der Waals surface area contributed by atoms with Crippen molar-refractivity contribution < 1.29 is 9.53 Å². The Morgan fingerprint density at radius 2 is 2.21 bits per heavy atom. The van der Waals surface area contributed by atoms with Gasteiger partial charge in [-0.25, -0.2) is 0 Å². The zero-order valence-electron chi connectivity index (χ0n) is 12.0. The van der Waals surface area contributed by atoms with E-state index in [1.54, 1.807) is 0 Å². The maximum Gasteiger partial charge on any atom is 0.250 e. The molecule has 0 bridgehead atoms. The van der Waals surface area contributed by atoms with Crippen LogP contribution in [0.5, 0.6) is 0 Å². The Kier molecular flexibility index (Phi) is 6.07. The van der Waals surface area contributed by atoms with Gasteiger partial charge in [0.2, 0.25) is 0 Å². The molecule has 110 valence electrons. The van der Waals surface area contributed by atoms with E-state index in [4.69, 9.17) is 4.74 Å². The Bertz CT molecular complexity index is 272. The van der Waals surface area contributed by atoms with Gasteiger partial charge in [-0.15, -0.1) is 0 Å². The van der Waals surface area contributed by atoms with Crippen LogP contribution < -0.4 is 10.6 Å². The minimum atomic E-state index is -0.299. The lowest BCUT2D eigenvalue weighted by atomic mass is 10.0. The van der Waals surface area contributed by atoms with Crippen LogP contribution in [0.1, 0.15) is 32.6 Å². The number of nitrogens with one attached hydrogen (secondary N) is 2. The average Bonchev–Trinajstić information content (AvgIpc) is 2.47. The molecule has 2 N–H and O–H groups in total. The molecule has 0 aromatic heterocycles. The third kappa shape index (κ3) is 4.75. The molecule has 1 amide bonds. The Labute approximate surface area is 116 Å². The number of piperidine rings is 1. The summed E-state index contributed by atoms with van der Waals surface area (Å²) >= 11 is 0. The maximum atomic E-state index is 12.0. The van der Waals surface area contributed by atoms with Crippen LogP contribution in [0.4, 0.5) is 0 Å². The van der Waals surface area contributed by atoms with Gasteiger partial charge in [0.15, 0.2) is 0 Å². The van der Waals surface area contributed by atoms with Crippen molar-refractivity contribution in [3.05, 3.63) is 0 Å². The molecular weight excluding hydrogens is 242 g/mol. The monoisotopic (exact) mass is 269 g/mol. The van der Waals surface area contributed by atoms with Crippen LogP contribution in [-0.4, -0.2) is 62.3 Å². The van der Waals surface area contributed by atoms with Crippen LogP contribution in [0.15, 0.2) is 0 Å². The van der Waals surface area contributed by atoms with Gasteiger partial charge in [-0.05, 0) is 25.8 Å². The maximum absolute atomic E-state index is 12.0. The summed E-state index contributed by atoms with van der Waals surface area (Å²) in [6.45, 7) is 7.76. The predicted molar refractivity (Wildman–Crippen MR) is 75.1 cm³/mol. The molecule has 19 heavy (non-hydrogen) atoms. The molecule has 2 aliphatic heterocycles. The van der Waals surface area contributed by atoms with Crippen LogP contribution in [0.2, 0.25) is 0 Å². The highest BCUT2D eigenvalue weighted by molar-refractivity contribution is 5.81. The summed E-state index contributed by atoms with van der Waals surface area (Å²) in [7, 11) is 0. The highest BCUT2D eigenvalue weighted by Crippen LogP contribution is 2.11. The molecule has 1 unspecified atom stereocenters. The molecule has 2 aliphatic rings. The van der Waals surface area contributed by atoms with E-state index in [0.717, 1.165) is 32.5 Å². The topological polar surface area (TPSA) is 53.6 Å². The van der Waals surface area contributed by atoms with E-state index in [0.29, 0.717) is 19.2 Å². The summed E-state index contributed by atoms with van der Waals surface area (Å²) in [5.41, 5.74) is 0. The van der Waals surface area contributed by atoms with Crippen LogP contribution in [0.25, 0.3) is 0 Å². The fraction of sp³-hybridized carbons (Fsp3) is 0.929. The molecule has 5 heteroatoms. The molecule has 0 saturated carbocycles. The summed E-state index contributed by atoms with van der Waals surface area (Å²) in [6.07, 6.45) is 4.36. The summed E-state index contributed by atoms with van der Waals surface area (Å²) in [5.74, 6) is 0.0548. The van der Waals surface area contributed by atoms with E-state index in [-0.39, 0.29) is 12.0 Å². The molecule has 0 aromatic carbocycles. The lowest BCUT2D eigenvalue weighted by molar-refractivity contribution is -0.135. The SMILES string of the molecule is CCCCN1CCC(NC(=O)C2CNCCO2)CC1. The predicted octanol–water partition coefficient (Wildman–Crippen LogP) is 0.356. The van der Waals surface area contributed by atoms with Gasteiger partial charge >= 0.3 is 0 Å². The molecule has 2 heterocycles.